The molecule has 0 unspecified atom stereocenters. The normalized spacial score (nSPS) is 10.7. The van der Waals surface area contributed by atoms with Gasteiger partial charge in [0.25, 0.3) is 0 Å². The van der Waals surface area contributed by atoms with Crippen LogP contribution in [-0.2, 0) is 9.53 Å². The van der Waals surface area contributed by atoms with Crippen LogP contribution in [0.1, 0.15) is 45.1 Å². The Hall–Kier alpha value is -3.67. The van der Waals surface area contributed by atoms with Crippen LogP contribution in [0.4, 0.5) is 14.7 Å². The number of amides is 3. The first kappa shape index (κ1) is 24.6. The third-order valence-corrected chi connectivity index (χ3v) is 4.16. The van der Waals surface area contributed by atoms with Gasteiger partial charge >= 0.3 is 18.2 Å². The number of ether oxygens (including phenoxy) is 3. The highest BCUT2D eigenvalue weighted by molar-refractivity contribution is 7.14. The number of nitrogens with one attached hydrogen (secondary N) is 2. The van der Waals surface area contributed by atoms with Crippen molar-refractivity contribution in [2.24, 2.45) is 0 Å². The van der Waals surface area contributed by atoms with Crippen LogP contribution in [0.15, 0.2) is 29.6 Å². The maximum Gasteiger partial charge on any atom is 0.431 e. The Morgan fingerprint density at radius 3 is 2.19 bits per heavy atom. The number of esters is 1. The lowest BCUT2D eigenvalue weighted by atomic mass is 10.2. The zero-order valence-electron chi connectivity index (χ0n) is 18.3. The van der Waals surface area contributed by atoms with Crippen LogP contribution in [0.2, 0.25) is 0 Å². The number of hydrogen-bond donors (Lipinski definition) is 2. The van der Waals surface area contributed by atoms with Gasteiger partial charge in [0, 0.05) is 18.8 Å². The van der Waals surface area contributed by atoms with Gasteiger partial charge in [-0.15, -0.1) is 11.3 Å². The Balaban J connectivity index is 1.90. The summed E-state index contributed by atoms with van der Waals surface area (Å²) < 4.78 is 15.5. The average molecular weight is 465 g/mol. The fourth-order valence-corrected chi connectivity index (χ4v) is 2.85. The molecule has 0 aliphatic carbocycles. The lowest BCUT2D eigenvalue weighted by Gasteiger charge is -2.26. The standard InChI is InChI=1S/C20H24N4O7S/c1-6-24(19(28)31-20(3,4)5)23-18(27)30-14-9-7-13(8-10-14)29-16(26)15-11-32-17(22-15)21-12(2)25/h7-11H,6H2,1-5H3,(H,23,27)(H,21,22,25). The number of anilines is 1. The first-order valence-electron chi connectivity index (χ1n) is 9.51. The molecule has 11 nitrogen and oxygen atoms in total. The van der Waals surface area contributed by atoms with Gasteiger partial charge in [-0.3, -0.25) is 4.79 Å². The minimum absolute atomic E-state index is 0.0419. The summed E-state index contributed by atoms with van der Waals surface area (Å²) in [6.07, 6.45) is -1.61. The highest BCUT2D eigenvalue weighted by Crippen LogP contribution is 2.21. The summed E-state index contributed by atoms with van der Waals surface area (Å²) in [6.45, 7) is 8.29. The van der Waals surface area contributed by atoms with E-state index in [2.05, 4.69) is 15.7 Å². The van der Waals surface area contributed by atoms with E-state index in [0.717, 1.165) is 16.3 Å². The molecular weight excluding hydrogens is 440 g/mol. The van der Waals surface area contributed by atoms with Crippen molar-refractivity contribution in [1.82, 2.24) is 15.4 Å². The second-order valence-corrected chi connectivity index (χ2v) is 8.16. The molecule has 0 saturated carbocycles. The van der Waals surface area contributed by atoms with Gasteiger partial charge in [0.15, 0.2) is 10.8 Å². The summed E-state index contributed by atoms with van der Waals surface area (Å²) in [6, 6.07) is 5.67. The van der Waals surface area contributed by atoms with E-state index in [-0.39, 0.29) is 34.8 Å². The monoisotopic (exact) mass is 464 g/mol. The van der Waals surface area contributed by atoms with Gasteiger partial charge in [0.2, 0.25) is 5.91 Å². The fourth-order valence-electron chi connectivity index (χ4n) is 2.12. The molecule has 172 valence electrons. The van der Waals surface area contributed by atoms with E-state index < -0.39 is 23.8 Å². The van der Waals surface area contributed by atoms with Crippen LogP contribution < -0.4 is 20.2 Å². The molecule has 2 rings (SSSR count). The lowest BCUT2D eigenvalue weighted by molar-refractivity contribution is -0.114. The zero-order valence-corrected chi connectivity index (χ0v) is 19.1. The summed E-state index contributed by atoms with van der Waals surface area (Å²) >= 11 is 1.09. The highest BCUT2D eigenvalue weighted by atomic mass is 32.1. The molecule has 1 aromatic heterocycles. The summed E-state index contributed by atoms with van der Waals surface area (Å²) in [4.78, 5) is 51.3. The summed E-state index contributed by atoms with van der Waals surface area (Å²) in [5.41, 5.74) is 1.62. The van der Waals surface area contributed by atoms with Crippen LogP contribution >= 0.6 is 11.3 Å². The molecule has 0 bridgehead atoms. The van der Waals surface area contributed by atoms with Crippen molar-refractivity contribution in [3.05, 3.63) is 35.3 Å². The zero-order chi connectivity index (χ0) is 23.9. The Bertz CT molecular complexity index is 983. The van der Waals surface area contributed by atoms with E-state index in [1.807, 2.05) is 0 Å². The van der Waals surface area contributed by atoms with Gasteiger partial charge < -0.3 is 19.5 Å². The molecule has 0 fully saturated rings. The van der Waals surface area contributed by atoms with Gasteiger partial charge in [0.1, 0.15) is 17.1 Å². The molecule has 0 aliphatic heterocycles. The van der Waals surface area contributed by atoms with Crippen molar-refractivity contribution in [2.45, 2.75) is 40.2 Å². The second kappa shape index (κ2) is 10.6. The molecular formula is C20H24N4O7S. The number of benzene rings is 1. The first-order valence-corrected chi connectivity index (χ1v) is 10.4. The summed E-state index contributed by atoms with van der Waals surface area (Å²) in [7, 11) is 0. The maximum absolute atomic E-state index is 12.2. The van der Waals surface area contributed by atoms with E-state index in [9.17, 15) is 19.2 Å². The Kier molecular flexibility index (Phi) is 8.13. The molecule has 2 N–H and O–H groups in total. The minimum Gasteiger partial charge on any atom is -0.442 e. The molecule has 1 heterocycles. The molecule has 0 aliphatic rings. The lowest BCUT2D eigenvalue weighted by Crippen LogP contribution is -2.49. The van der Waals surface area contributed by atoms with Gasteiger partial charge in [-0.05, 0) is 52.0 Å². The van der Waals surface area contributed by atoms with Crippen molar-refractivity contribution in [2.75, 3.05) is 11.9 Å². The van der Waals surface area contributed by atoms with Crippen LogP contribution in [0.5, 0.6) is 11.5 Å². The van der Waals surface area contributed by atoms with E-state index in [1.54, 1.807) is 27.7 Å². The molecule has 0 radical (unpaired) electrons. The number of rotatable bonds is 5. The molecule has 12 heteroatoms. The Morgan fingerprint density at radius 1 is 1.06 bits per heavy atom. The predicted molar refractivity (Wildman–Crippen MR) is 116 cm³/mol. The number of carbonyl (C=O) groups is 4. The summed E-state index contributed by atoms with van der Waals surface area (Å²) in [5.74, 6) is -0.655. The van der Waals surface area contributed by atoms with Crippen LogP contribution in [-0.4, -0.2) is 46.2 Å². The Labute approximate surface area is 188 Å². The number of hydrogen-bond acceptors (Lipinski definition) is 9. The number of nitrogens with zero attached hydrogens (tertiary/aromatic N) is 2. The van der Waals surface area contributed by atoms with E-state index >= 15 is 0 Å². The molecule has 3 amide bonds. The van der Waals surface area contributed by atoms with Crippen molar-refractivity contribution in [1.29, 1.82) is 0 Å². The number of aromatic nitrogens is 1. The topological polar surface area (TPSA) is 136 Å². The van der Waals surface area contributed by atoms with E-state index in [4.69, 9.17) is 14.2 Å². The highest BCUT2D eigenvalue weighted by Gasteiger charge is 2.23. The van der Waals surface area contributed by atoms with Crippen molar-refractivity contribution < 1.29 is 33.4 Å². The average Bonchev–Trinajstić information content (AvgIpc) is 3.14. The summed E-state index contributed by atoms with van der Waals surface area (Å²) in [5, 5.41) is 5.20. The van der Waals surface area contributed by atoms with Gasteiger partial charge in [-0.25, -0.2) is 29.8 Å². The number of hydrazine groups is 1. The van der Waals surface area contributed by atoms with Gasteiger partial charge in [-0.2, -0.15) is 0 Å². The maximum atomic E-state index is 12.2. The molecule has 2 aromatic rings. The minimum atomic E-state index is -0.893. The number of carbonyl (C=O) groups excluding carboxylic acids is 4. The predicted octanol–water partition coefficient (Wildman–Crippen LogP) is 3.58. The number of thiazole rings is 1. The quantitative estimate of drug-likeness (QED) is 0.389. The van der Waals surface area contributed by atoms with E-state index in [0.29, 0.717) is 0 Å². The smallest absolute Gasteiger partial charge is 0.431 e. The van der Waals surface area contributed by atoms with Crippen molar-refractivity contribution >= 4 is 40.5 Å². The first-order chi connectivity index (χ1) is 15.0. The third kappa shape index (κ3) is 7.87. The SMILES string of the molecule is CCN(NC(=O)Oc1ccc(OC(=O)c2csc(NC(C)=O)n2)cc1)C(=O)OC(C)(C)C. The molecule has 1 aromatic carbocycles. The fraction of sp³-hybridized carbons (Fsp3) is 0.350. The van der Waals surface area contributed by atoms with Gasteiger partial charge in [0.05, 0.1) is 0 Å². The molecule has 32 heavy (non-hydrogen) atoms. The van der Waals surface area contributed by atoms with Crippen LogP contribution in [0.25, 0.3) is 0 Å². The second-order valence-electron chi connectivity index (χ2n) is 7.31. The van der Waals surface area contributed by atoms with Crippen LogP contribution in [0.3, 0.4) is 0 Å². The third-order valence-electron chi connectivity index (χ3n) is 3.40. The largest absolute Gasteiger partial charge is 0.442 e. The molecule has 0 saturated heterocycles. The van der Waals surface area contributed by atoms with Crippen molar-refractivity contribution in [3.63, 3.8) is 0 Å². The molecule has 0 spiro atoms. The van der Waals surface area contributed by atoms with Crippen LogP contribution in [0, 0.1) is 0 Å². The van der Waals surface area contributed by atoms with Gasteiger partial charge in [-0.1, -0.05) is 0 Å². The van der Waals surface area contributed by atoms with Crippen molar-refractivity contribution in [3.8, 4) is 11.5 Å². The molecule has 0 atom stereocenters. The Morgan fingerprint density at radius 2 is 1.66 bits per heavy atom. The van der Waals surface area contributed by atoms with E-state index in [1.165, 1.54) is 36.6 Å².